The average Bonchev–Trinajstić information content (AvgIpc) is 2.12. The highest BCUT2D eigenvalue weighted by Crippen LogP contribution is 2.11. The van der Waals surface area contributed by atoms with Crippen LogP contribution in [0.1, 0.15) is 13.8 Å². The number of nitrogens with zero attached hydrogens (tertiary/aromatic N) is 2. The van der Waals surface area contributed by atoms with E-state index in [1.165, 1.54) is 0 Å². The lowest BCUT2D eigenvalue weighted by Crippen LogP contribution is -2.55. The Balaban J connectivity index is 2.63. The molecular formula is C10H18N2O. The summed E-state index contributed by atoms with van der Waals surface area (Å²) in [6.45, 7) is 9.34. The molecule has 0 aromatic rings. The second kappa shape index (κ2) is 3.92. The van der Waals surface area contributed by atoms with Crippen LogP contribution in [0.3, 0.4) is 0 Å². The number of amides is 1. The third kappa shape index (κ3) is 2.10. The molecule has 1 aliphatic heterocycles. The van der Waals surface area contributed by atoms with Gasteiger partial charge in [-0.2, -0.15) is 0 Å². The van der Waals surface area contributed by atoms with E-state index >= 15 is 0 Å². The molecule has 1 saturated heterocycles. The first-order chi connectivity index (χ1) is 6.06. The summed E-state index contributed by atoms with van der Waals surface area (Å²) in [6, 6.07) is 0.601. The lowest BCUT2D eigenvalue weighted by atomic mass is 10.1. The van der Waals surface area contributed by atoms with Crippen LogP contribution in [0.5, 0.6) is 0 Å². The Bertz CT molecular complexity index is 215. The number of likely N-dealkylation sites (N-methyl/N-ethyl adjacent to an activating group) is 1. The summed E-state index contributed by atoms with van der Waals surface area (Å²) in [5.41, 5.74) is 0. The van der Waals surface area contributed by atoms with Gasteiger partial charge >= 0.3 is 0 Å². The van der Waals surface area contributed by atoms with Crippen molar-refractivity contribution < 1.29 is 4.79 Å². The fourth-order valence-corrected chi connectivity index (χ4v) is 1.52. The molecule has 1 aliphatic rings. The Morgan fingerprint density at radius 2 is 2.31 bits per heavy atom. The maximum atomic E-state index is 11.5. The first-order valence-electron chi connectivity index (χ1n) is 4.68. The van der Waals surface area contributed by atoms with Crippen molar-refractivity contribution in [3.8, 4) is 0 Å². The van der Waals surface area contributed by atoms with E-state index in [1.807, 2.05) is 18.0 Å². The van der Waals surface area contributed by atoms with Gasteiger partial charge in [-0.1, -0.05) is 6.08 Å². The van der Waals surface area contributed by atoms with E-state index in [-0.39, 0.29) is 5.91 Å². The van der Waals surface area contributed by atoms with Crippen molar-refractivity contribution in [3.63, 3.8) is 0 Å². The molecule has 0 spiro atoms. The zero-order valence-electron chi connectivity index (χ0n) is 8.66. The standard InChI is InChI=1S/C10H18N2O/c1-5-8(2)12-6-9(3)11(4)10(13)7-12/h5,8-9H,1,6-7H2,2-4H3. The van der Waals surface area contributed by atoms with E-state index in [4.69, 9.17) is 0 Å². The van der Waals surface area contributed by atoms with Crippen molar-refractivity contribution >= 4 is 5.91 Å². The number of carbonyl (C=O) groups is 1. The predicted molar refractivity (Wildman–Crippen MR) is 53.5 cm³/mol. The monoisotopic (exact) mass is 182 g/mol. The van der Waals surface area contributed by atoms with Gasteiger partial charge in [0.05, 0.1) is 6.54 Å². The molecule has 13 heavy (non-hydrogen) atoms. The quantitative estimate of drug-likeness (QED) is 0.588. The van der Waals surface area contributed by atoms with Crippen molar-refractivity contribution in [2.75, 3.05) is 20.1 Å². The molecule has 74 valence electrons. The molecule has 3 heteroatoms. The molecule has 2 unspecified atom stereocenters. The maximum Gasteiger partial charge on any atom is 0.236 e. The Labute approximate surface area is 80.0 Å². The van der Waals surface area contributed by atoms with Crippen LogP contribution in [0.4, 0.5) is 0 Å². The molecule has 1 fully saturated rings. The second-order valence-electron chi connectivity index (χ2n) is 3.76. The average molecular weight is 182 g/mol. The molecule has 0 radical (unpaired) electrons. The minimum absolute atomic E-state index is 0.201. The van der Waals surface area contributed by atoms with Gasteiger partial charge in [-0.3, -0.25) is 9.69 Å². The largest absolute Gasteiger partial charge is 0.341 e. The van der Waals surface area contributed by atoms with Crippen LogP contribution in [-0.2, 0) is 4.79 Å². The first-order valence-corrected chi connectivity index (χ1v) is 4.68. The molecule has 0 aliphatic carbocycles. The van der Waals surface area contributed by atoms with Gasteiger partial charge < -0.3 is 4.90 Å². The smallest absolute Gasteiger partial charge is 0.236 e. The second-order valence-corrected chi connectivity index (χ2v) is 3.76. The molecule has 1 rings (SSSR count). The molecule has 0 N–H and O–H groups in total. The zero-order chi connectivity index (χ0) is 10.0. The van der Waals surface area contributed by atoms with Crippen LogP contribution in [0.2, 0.25) is 0 Å². The van der Waals surface area contributed by atoms with Crippen LogP contribution < -0.4 is 0 Å². The fourth-order valence-electron chi connectivity index (χ4n) is 1.52. The Kier molecular flexibility index (Phi) is 3.09. The van der Waals surface area contributed by atoms with Crippen LogP contribution >= 0.6 is 0 Å². The molecule has 0 aromatic heterocycles. The van der Waals surface area contributed by atoms with E-state index in [0.29, 0.717) is 18.6 Å². The predicted octanol–water partition coefficient (Wildman–Crippen LogP) is 0.723. The highest BCUT2D eigenvalue weighted by atomic mass is 16.2. The number of piperazine rings is 1. The molecular weight excluding hydrogens is 164 g/mol. The van der Waals surface area contributed by atoms with Crippen molar-refractivity contribution in [2.24, 2.45) is 0 Å². The van der Waals surface area contributed by atoms with E-state index < -0.39 is 0 Å². The third-order valence-electron chi connectivity index (χ3n) is 2.81. The molecule has 1 heterocycles. The maximum absolute atomic E-state index is 11.5. The molecule has 0 aromatic carbocycles. The fraction of sp³-hybridized carbons (Fsp3) is 0.700. The van der Waals surface area contributed by atoms with Gasteiger partial charge in [0.25, 0.3) is 0 Å². The van der Waals surface area contributed by atoms with Crippen LogP contribution in [0.15, 0.2) is 12.7 Å². The summed E-state index contributed by atoms with van der Waals surface area (Å²) in [4.78, 5) is 15.4. The van der Waals surface area contributed by atoms with E-state index in [1.54, 1.807) is 0 Å². The minimum atomic E-state index is 0.201. The Morgan fingerprint density at radius 3 is 2.77 bits per heavy atom. The van der Waals surface area contributed by atoms with E-state index in [0.717, 1.165) is 6.54 Å². The van der Waals surface area contributed by atoms with Gasteiger partial charge in [-0.05, 0) is 13.8 Å². The van der Waals surface area contributed by atoms with Crippen LogP contribution in [-0.4, -0.2) is 47.9 Å². The molecule has 2 atom stereocenters. The highest BCUT2D eigenvalue weighted by molar-refractivity contribution is 5.79. The zero-order valence-corrected chi connectivity index (χ0v) is 8.66. The van der Waals surface area contributed by atoms with Crippen molar-refractivity contribution in [3.05, 3.63) is 12.7 Å². The number of rotatable bonds is 2. The van der Waals surface area contributed by atoms with Crippen molar-refractivity contribution in [1.82, 2.24) is 9.80 Å². The summed E-state index contributed by atoms with van der Waals surface area (Å²) < 4.78 is 0. The van der Waals surface area contributed by atoms with Gasteiger partial charge in [0.1, 0.15) is 0 Å². The first kappa shape index (κ1) is 10.3. The SMILES string of the molecule is C=CC(C)N1CC(=O)N(C)C(C)C1. The van der Waals surface area contributed by atoms with Gasteiger partial charge in [0, 0.05) is 25.7 Å². The highest BCUT2D eigenvalue weighted by Gasteiger charge is 2.28. The van der Waals surface area contributed by atoms with Gasteiger partial charge in [0.2, 0.25) is 5.91 Å². The minimum Gasteiger partial charge on any atom is -0.341 e. The number of hydrogen-bond donors (Lipinski definition) is 0. The molecule has 3 nitrogen and oxygen atoms in total. The van der Waals surface area contributed by atoms with Crippen LogP contribution in [0, 0.1) is 0 Å². The number of carbonyl (C=O) groups excluding carboxylic acids is 1. The van der Waals surface area contributed by atoms with Crippen molar-refractivity contribution in [1.29, 1.82) is 0 Å². The van der Waals surface area contributed by atoms with Crippen molar-refractivity contribution in [2.45, 2.75) is 25.9 Å². The lowest BCUT2D eigenvalue weighted by molar-refractivity contribution is -0.137. The van der Waals surface area contributed by atoms with E-state index in [9.17, 15) is 4.79 Å². The number of hydrogen-bond acceptors (Lipinski definition) is 2. The molecule has 1 amide bonds. The van der Waals surface area contributed by atoms with Gasteiger partial charge in [0.15, 0.2) is 0 Å². The summed E-state index contributed by atoms with van der Waals surface area (Å²) in [5.74, 6) is 0.201. The normalized spacial score (nSPS) is 27.5. The Morgan fingerprint density at radius 1 is 1.69 bits per heavy atom. The summed E-state index contributed by atoms with van der Waals surface area (Å²) in [5, 5.41) is 0. The molecule has 0 saturated carbocycles. The summed E-state index contributed by atoms with van der Waals surface area (Å²) in [6.07, 6.45) is 1.88. The summed E-state index contributed by atoms with van der Waals surface area (Å²) >= 11 is 0. The van der Waals surface area contributed by atoms with Gasteiger partial charge in [-0.15, -0.1) is 6.58 Å². The van der Waals surface area contributed by atoms with E-state index in [2.05, 4.69) is 25.3 Å². The summed E-state index contributed by atoms with van der Waals surface area (Å²) in [7, 11) is 1.86. The third-order valence-corrected chi connectivity index (χ3v) is 2.81. The van der Waals surface area contributed by atoms with Crippen LogP contribution in [0.25, 0.3) is 0 Å². The Hall–Kier alpha value is -0.830. The molecule has 0 bridgehead atoms. The van der Waals surface area contributed by atoms with Gasteiger partial charge in [-0.25, -0.2) is 0 Å². The topological polar surface area (TPSA) is 23.6 Å². The lowest BCUT2D eigenvalue weighted by Gasteiger charge is -2.39.